The van der Waals surface area contributed by atoms with Gasteiger partial charge < -0.3 is 15.1 Å². The molecule has 0 aromatic heterocycles. The van der Waals surface area contributed by atoms with Crippen LogP contribution in [0, 0.1) is 17.6 Å². The van der Waals surface area contributed by atoms with Crippen molar-refractivity contribution in [2.75, 3.05) is 40.3 Å². The van der Waals surface area contributed by atoms with Gasteiger partial charge in [0, 0.05) is 26.7 Å². The van der Waals surface area contributed by atoms with Crippen LogP contribution in [-0.2, 0) is 0 Å². The molecule has 24 heavy (non-hydrogen) atoms. The number of carbonyl (C=O) groups is 1. The number of amides is 2. The van der Waals surface area contributed by atoms with Crippen molar-refractivity contribution in [1.29, 1.82) is 0 Å². The van der Waals surface area contributed by atoms with Crippen LogP contribution in [0.5, 0.6) is 0 Å². The van der Waals surface area contributed by atoms with E-state index in [1.807, 2.05) is 6.92 Å². The third kappa shape index (κ3) is 5.16. The van der Waals surface area contributed by atoms with E-state index in [0.29, 0.717) is 18.0 Å². The fraction of sp³-hybridized carbons (Fsp3) is 0.611. The highest BCUT2D eigenvalue weighted by molar-refractivity contribution is 5.73. The van der Waals surface area contributed by atoms with Crippen LogP contribution in [0.3, 0.4) is 0 Å². The molecule has 1 aliphatic heterocycles. The number of piperidine rings is 1. The van der Waals surface area contributed by atoms with Crippen molar-refractivity contribution >= 4 is 6.03 Å². The van der Waals surface area contributed by atoms with Crippen molar-refractivity contribution in [3.05, 3.63) is 35.4 Å². The normalized spacial score (nSPS) is 19.8. The number of halogens is 2. The van der Waals surface area contributed by atoms with Gasteiger partial charge in [-0.2, -0.15) is 0 Å². The largest absolute Gasteiger partial charge is 0.337 e. The molecule has 1 aliphatic rings. The van der Waals surface area contributed by atoms with Gasteiger partial charge >= 0.3 is 6.03 Å². The quantitative estimate of drug-likeness (QED) is 0.895. The van der Waals surface area contributed by atoms with E-state index < -0.39 is 11.6 Å². The highest BCUT2D eigenvalue weighted by Gasteiger charge is 2.21. The van der Waals surface area contributed by atoms with Crippen LogP contribution >= 0.6 is 0 Å². The van der Waals surface area contributed by atoms with Gasteiger partial charge in [0.05, 0.1) is 0 Å². The molecular formula is C18H27F2N3O. The van der Waals surface area contributed by atoms with Gasteiger partial charge in [-0.05, 0) is 56.0 Å². The summed E-state index contributed by atoms with van der Waals surface area (Å²) in [6.07, 6.45) is 2.32. The molecule has 1 aromatic carbocycles. The average Bonchev–Trinajstić information content (AvgIpc) is 2.54. The smallest absolute Gasteiger partial charge is 0.317 e. The summed E-state index contributed by atoms with van der Waals surface area (Å²) in [5, 5.41) is 2.87. The Bertz CT molecular complexity index is 567. The van der Waals surface area contributed by atoms with E-state index in [0.717, 1.165) is 32.1 Å². The minimum Gasteiger partial charge on any atom is -0.337 e. The van der Waals surface area contributed by atoms with Crippen molar-refractivity contribution < 1.29 is 13.6 Å². The minimum absolute atomic E-state index is 0.0849. The third-order valence-corrected chi connectivity index (χ3v) is 4.67. The van der Waals surface area contributed by atoms with Crippen molar-refractivity contribution in [2.24, 2.45) is 5.92 Å². The lowest BCUT2D eigenvalue weighted by Gasteiger charge is -2.32. The molecule has 1 heterocycles. The second-order valence-electron chi connectivity index (χ2n) is 6.91. The molecular weight excluding hydrogens is 312 g/mol. The van der Waals surface area contributed by atoms with Gasteiger partial charge in [0.1, 0.15) is 0 Å². The maximum absolute atomic E-state index is 13.3. The van der Waals surface area contributed by atoms with Crippen molar-refractivity contribution in [1.82, 2.24) is 15.1 Å². The number of carbonyl (C=O) groups excluding carboxylic acids is 1. The van der Waals surface area contributed by atoms with E-state index >= 15 is 0 Å². The van der Waals surface area contributed by atoms with Crippen molar-refractivity contribution in [3.63, 3.8) is 0 Å². The summed E-state index contributed by atoms with van der Waals surface area (Å²) in [5.41, 5.74) is 0.672. The van der Waals surface area contributed by atoms with E-state index in [4.69, 9.17) is 0 Å². The third-order valence-electron chi connectivity index (χ3n) is 4.67. The Kier molecular flexibility index (Phi) is 6.54. The molecule has 1 aromatic rings. The number of likely N-dealkylation sites (tertiary alicyclic amines) is 1. The highest BCUT2D eigenvalue weighted by Crippen LogP contribution is 2.18. The van der Waals surface area contributed by atoms with E-state index in [1.54, 1.807) is 18.0 Å². The van der Waals surface area contributed by atoms with Crippen LogP contribution in [0.15, 0.2) is 18.2 Å². The first-order chi connectivity index (χ1) is 11.4. The second kappa shape index (κ2) is 8.42. The summed E-state index contributed by atoms with van der Waals surface area (Å²) in [6, 6.07) is 3.73. The monoisotopic (exact) mass is 339 g/mol. The maximum Gasteiger partial charge on any atom is 0.317 e. The van der Waals surface area contributed by atoms with Crippen LogP contribution in [-0.4, -0.2) is 56.1 Å². The molecule has 0 bridgehead atoms. The summed E-state index contributed by atoms with van der Waals surface area (Å²) in [4.78, 5) is 16.2. The lowest BCUT2D eigenvalue weighted by molar-refractivity contribution is 0.163. The van der Waals surface area contributed by atoms with Crippen LogP contribution < -0.4 is 5.32 Å². The second-order valence-corrected chi connectivity index (χ2v) is 6.91. The van der Waals surface area contributed by atoms with Crippen LogP contribution in [0.2, 0.25) is 0 Å². The molecule has 2 atom stereocenters. The molecule has 6 heteroatoms. The molecule has 0 aliphatic carbocycles. The fourth-order valence-corrected chi connectivity index (χ4v) is 3.20. The number of nitrogens with one attached hydrogen (secondary N) is 1. The molecule has 0 saturated carbocycles. The Morgan fingerprint density at radius 1 is 1.42 bits per heavy atom. The molecule has 4 nitrogen and oxygen atoms in total. The number of nitrogens with zero attached hydrogens (tertiary/aromatic N) is 2. The number of hydrogen-bond donors (Lipinski definition) is 1. The van der Waals surface area contributed by atoms with E-state index in [9.17, 15) is 13.6 Å². The topological polar surface area (TPSA) is 35.6 Å². The van der Waals surface area contributed by atoms with Crippen LogP contribution in [0.1, 0.15) is 31.2 Å². The first kappa shape index (κ1) is 18.6. The van der Waals surface area contributed by atoms with Gasteiger partial charge in [-0.1, -0.05) is 13.0 Å². The van der Waals surface area contributed by atoms with Gasteiger partial charge in [0.25, 0.3) is 0 Å². The molecule has 0 unspecified atom stereocenters. The first-order valence-corrected chi connectivity index (χ1v) is 8.49. The predicted molar refractivity (Wildman–Crippen MR) is 91.0 cm³/mol. The number of rotatable bonds is 5. The zero-order chi connectivity index (χ0) is 17.7. The van der Waals surface area contributed by atoms with Crippen molar-refractivity contribution in [2.45, 2.75) is 25.7 Å². The molecule has 2 rings (SSSR count). The average molecular weight is 339 g/mol. The maximum atomic E-state index is 13.3. The standard InChI is InChI=1S/C18H27F2N3O/c1-13(15-6-7-16(19)17(20)9-15)10-21-18(24)23(3)12-14-5-4-8-22(2)11-14/h6-7,9,13-14H,4-5,8,10-12H2,1-3H3,(H,21,24)/t13-,14+/m1/s1. The van der Waals surface area contributed by atoms with Crippen LogP contribution in [0.4, 0.5) is 13.6 Å². The van der Waals surface area contributed by atoms with E-state index in [2.05, 4.69) is 17.3 Å². The summed E-state index contributed by atoms with van der Waals surface area (Å²) in [6.45, 7) is 5.14. The summed E-state index contributed by atoms with van der Waals surface area (Å²) >= 11 is 0. The number of benzene rings is 1. The molecule has 2 amide bonds. The highest BCUT2D eigenvalue weighted by atomic mass is 19.2. The Labute approximate surface area is 142 Å². The molecule has 1 fully saturated rings. The molecule has 0 radical (unpaired) electrons. The van der Waals surface area contributed by atoms with E-state index in [1.165, 1.54) is 12.5 Å². The van der Waals surface area contributed by atoms with Gasteiger partial charge in [0.15, 0.2) is 11.6 Å². The molecule has 1 N–H and O–H groups in total. The number of urea groups is 1. The molecule has 134 valence electrons. The zero-order valence-electron chi connectivity index (χ0n) is 14.7. The Balaban J connectivity index is 1.79. The van der Waals surface area contributed by atoms with Crippen molar-refractivity contribution in [3.8, 4) is 0 Å². The predicted octanol–water partition coefficient (Wildman–Crippen LogP) is 3.05. The van der Waals surface area contributed by atoms with Gasteiger partial charge in [-0.15, -0.1) is 0 Å². The number of hydrogen-bond acceptors (Lipinski definition) is 2. The Hall–Kier alpha value is -1.69. The Morgan fingerprint density at radius 3 is 2.83 bits per heavy atom. The van der Waals surface area contributed by atoms with Crippen LogP contribution in [0.25, 0.3) is 0 Å². The Morgan fingerprint density at radius 2 is 2.17 bits per heavy atom. The zero-order valence-corrected chi connectivity index (χ0v) is 14.7. The lowest BCUT2D eigenvalue weighted by atomic mass is 9.98. The first-order valence-electron chi connectivity index (χ1n) is 8.49. The van der Waals surface area contributed by atoms with Gasteiger partial charge in [0.2, 0.25) is 0 Å². The minimum atomic E-state index is -0.857. The van der Waals surface area contributed by atoms with E-state index in [-0.39, 0.29) is 11.9 Å². The van der Waals surface area contributed by atoms with Gasteiger partial charge in [-0.3, -0.25) is 0 Å². The summed E-state index contributed by atoms with van der Waals surface area (Å²) in [7, 11) is 3.90. The fourth-order valence-electron chi connectivity index (χ4n) is 3.20. The molecule has 0 spiro atoms. The summed E-state index contributed by atoms with van der Waals surface area (Å²) < 4.78 is 26.3. The van der Waals surface area contributed by atoms with Gasteiger partial charge in [-0.25, -0.2) is 13.6 Å². The lowest BCUT2D eigenvalue weighted by Crippen LogP contribution is -2.44. The SMILES string of the molecule is C[C@H](CNC(=O)N(C)C[C@H]1CCCN(C)C1)c1ccc(F)c(F)c1. The summed E-state index contributed by atoms with van der Waals surface area (Å²) in [5.74, 6) is -1.29. The molecule has 1 saturated heterocycles.